The molecular weight excluding hydrogens is 278 g/mol. The molecule has 0 heterocycles. The Bertz CT molecular complexity index is 444. The van der Waals surface area contributed by atoms with E-state index in [1.54, 1.807) is 0 Å². The van der Waals surface area contributed by atoms with Gasteiger partial charge in [0.2, 0.25) is 5.91 Å². The Kier molecular flexibility index (Phi) is 5.98. The van der Waals surface area contributed by atoms with Crippen LogP contribution in [0.5, 0.6) is 5.75 Å². The number of hydrogen-bond donors (Lipinski definition) is 2. The molecule has 0 aliphatic heterocycles. The lowest BCUT2D eigenvalue weighted by molar-refractivity contribution is -0.116. The predicted molar refractivity (Wildman–Crippen MR) is 69.6 cm³/mol. The quantitative estimate of drug-likeness (QED) is 0.847. The number of rotatable bonds is 6. The van der Waals surface area contributed by atoms with Crippen molar-refractivity contribution in [1.82, 2.24) is 0 Å². The number of carbonyl (C=O) groups is 1. The van der Waals surface area contributed by atoms with Crippen molar-refractivity contribution in [2.75, 3.05) is 5.32 Å². The zero-order valence-corrected chi connectivity index (χ0v) is 11.1. The molecule has 1 atom stereocenters. The van der Waals surface area contributed by atoms with E-state index in [9.17, 15) is 13.6 Å². The van der Waals surface area contributed by atoms with Crippen molar-refractivity contribution in [2.45, 2.75) is 32.4 Å². The first-order chi connectivity index (χ1) is 8.92. The Morgan fingerprint density at radius 1 is 1.53 bits per heavy atom. The summed E-state index contributed by atoms with van der Waals surface area (Å²) < 4.78 is 28.2. The molecule has 4 nitrogen and oxygen atoms in total. The molecule has 1 unspecified atom stereocenters. The number of nitrogens with two attached hydrogens (primary N) is 1. The van der Waals surface area contributed by atoms with Gasteiger partial charge >= 0.3 is 6.61 Å². The number of anilines is 1. The van der Waals surface area contributed by atoms with Gasteiger partial charge in [0, 0.05) is 18.2 Å². The van der Waals surface area contributed by atoms with Crippen molar-refractivity contribution in [2.24, 2.45) is 5.73 Å². The molecule has 0 bridgehead atoms. The fourth-order valence-corrected chi connectivity index (χ4v) is 1.59. The summed E-state index contributed by atoms with van der Waals surface area (Å²) in [5.74, 6) is -0.395. The Balaban J connectivity index is 2.65. The molecule has 1 aromatic carbocycles. The molecule has 0 aromatic heterocycles. The number of halogens is 3. The molecule has 0 aliphatic carbocycles. The van der Waals surface area contributed by atoms with Gasteiger partial charge in [0.1, 0.15) is 5.75 Å². The monoisotopic (exact) mass is 292 g/mol. The highest BCUT2D eigenvalue weighted by Gasteiger charge is 2.11. The molecule has 0 saturated carbocycles. The van der Waals surface area contributed by atoms with Gasteiger partial charge in [-0.2, -0.15) is 8.78 Å². The average molecular weight is 293 g/mol. The number of ether oxygens (including phenoxy) is 1. The second-order valence-corrected chi connectivity index (χ2v) is 4.35. The van der Waals surface area contributed by atoms with Crippen LogP contribution >= 0.6 is 11.6 Å². The lowest BCUT2D eigenvalue weighted by Gasteiger charge is -2.11. The lowest BCUT2D eigenvalue weighted by atomic mass is 10.1. The summed E-state index contributed by atoms with van der Waals surface area (Å²) in [6.07, 6.45) is 0.874. The second kappa shape index (κ2) is 7.25. The summed E-state index contributed by atoms with van der Waals surface area (Å²) in [5, 5.41) is 2.58. The minimum Gasteiger partial charge on any atom is -0.433 e. The van der Waals surface area contributed by atoms with Gasteiger partial charge in [-0.05, 0) is 24.6 Å². The van der Waals surface area contributed by atoms with Gasteiger partial charge in [-0.3, -0.25) is 4.79 Å². The van der Waals surface area contributed by atoms with Crippen LogP contribution in [0.15, 0.2) is 18.2 Å². The SMILES string of the molecule is CCC(N)CC(=O)Nc1ccc(OC(F)F)c(Cl)c1. The lowest BCUT2D eigenvalue weighted by Crippen LogP contribution is -2.26. The number of nitrogens with one attached hydrogen (secondary N) is 1. The van der Waals surface area contributed by atoms with Crippen molar-refractivity contribution in [3.63, 3.8) is 0 Å². The fraction of sp³-hybridized carbons (Fsp3) is 0.417. The van der Waals surface area contributed by atoms with E-state index in [-0.39, 0.29) is 29.1 Å². The largest absolute Gasteiger partial charge is 0.433 e. The highest BCUT2D eigenvalue weighted by Crippen LogP contribution is 2.28. The van der Waals surface area contributed by atoms with Crippen LogP contribution in [0.3, 0.4) is 0 Å². The Morgan fingerprint density at radius 3 is 2.74 bits per heavy atom. The van der Waals surface area contributed by atoms with Crippen molar-refractivity contribution >= 4 is 23.2 Å². The van der Waals surface area contributed by atoms with Crippen LogP contribution in [0.2, 0.25) is 5.02 Å². The van der Waals surface area contributed by atoms with E-state index in [0.717, 1.165) is 0 Å². The molecule has 0 fully saturated rings. The van der Waals surface area contributed by atoms with Crippen LogP contribution in [-0.2, 0) is 4.79 Å². The number of alkyl halides is 2. The van der Waals surface area contributed by atoms with Gasteiger partial charge in [-0.25, -0.2) is 0 Å². The molecule has 0 spiro atoms. The van der Waals surface area contributed by atoms with Crippen LogP contribution in [-0.4, -0.2) is 18.6 Å². The van der Waals surface area contributed by atoms with E-state index >= 15 is 0 Å². The van der Waals surface area contributed by atoms with Gasteiger partial charge < -0.3 is 15.8 Å². The smallest absolute Gasteiger partial charge is 0.387 e. The average Bonchev–Trinajstić information content (AvgIpc) is 2.32. The summed E-state index contributed by atoms with van der Waals surface area (Å²) in [4.78, 5) is 11.6. The van der Waals surface area contributed by atoms with E-state index in [4.69, 9.17) is 17.3 Å². The molecule has 1 amide bonds. The Hall–Kier alpha value is -1.40. The second-order valence-electron chi connectivity index (χ2n) is 3.94. The van der Waals surface area contributed by atoms with Crippen molar-refractivity contribution in [3.05, 3.63) is 23.2 Å². The zero-order chi connectivity index (χ0) is 14.4. The maximum absolute atomic E-state index is 12.0. The molecule has 1 aromatic rings. The van der Waals surface area contributed by atoms with Crippen LogP contribution < -0.4 is 15.8 Å². The maximum atomic E-state index is 12.0. The standard InChI is InChI=1S/C12H15ClF2N2O2/c1-2-7(16)5-11(18)17-8-3-4-10(9(13)6-8)19-12(14)15/h3-4,6-7,12H,2,5,16H2,1H3,(H,17,18). The van der Waals surface area contributed by atoms with Gasteiger partial charge in [0.05, 0.1) is 5.02 Å². The minimum atomic E-state index is -2.94. The van der Waals surface area contributed by atoms with Crippen molar-refractivity contribution < 1.29 is 18.3 Å². The van der Waals surface area contributed by atoms with E-state index in [1.807, 2.05) is 6.92 Å². The summed E-state index contributed by atoms with van der Waals surface area (Å²) in [6.45, 7) is -1.06. The summed E-state index contributed by atoms with van der Waals surface area (Å²) in [7, 11) is 0. The van der Waals surface area contributed by atoms with Crippen LogP contribution in [0.25, 0.3) is 0 Å². The normalized spacial score (nSPS) is 12.3. The first-order valence-corrected chi connectivity index (χ1v) is 6.10. The molecular formula is C12H15ClF2N2O2. The highest BCUT2D eigenvalue weighted by atomic mass is 35.5. The van der Waals surface area contributed by atoms with Crippen molar-refractivity contribution in [1.29, 1.82) is 0 Å². The Morgan fingerprint density at radius 2 is 2.21 bits per heavy atom. The maximum Gasteiger partial charge on any atom is 0.387 e. The van der Waals surface area contributed by atoms with Gasteiger partial charge in [-0.1, -0.05) is 18.5 Å². The van der Waals surface area contributed by atoms with Crippen LogP contribution in [0.1, 0.15) is 19.8 Å². The third-order valence-corrected chi connectivity index (χ3v) is 2.70. The zero-order valence-electron chi connectivity index (χ0n) is 10.3. The first-order valence-electron chi connectivity index (χ1n) is 5.72. The highest BCUT2D eigenvalue weighted by molar-refractivity contribution is 6.32. The number of carbonyl (C=O) groups excluding carboxylic acids is 1. The topological polar surface area (TPSA) is 64.4 Å². The molecule has 0 saturated heterocycles. The number of hydrogen-bond acceptors (Lipinski definition) is 3. The molecule has 0 aliphatic rings. The van der Waals surface area contributed by atoms with Gasteiger partial charge in [0.15, 0.2) is 0 Å². The third-order valence-electron chi connectivity index (χ3n) is 2.40. The first kappa shape index (κ1) is 15.7. The van der Waals surface area contributed by atoms with Gasteiger partial charge in [-0.15, -0.1) is 0 Å². The van der Waals surface area contributed by atoms with Crippen LogP contribution in [0.4, 0.5) is 14.5 Å². The number of amides is 1. The molecule has 3 N–H and O–H groups in total. The Labute approximate surface area is 114 Å². The summed E-state index contributed by atoms with van der Waals surface area (Å²) in [6, 6.07) is 3.83. The summed E-state index contributed by atoms with van der Waals surface area (Å²) in [5.41, 5.74) is 6.05. The van der Waals surface area contributed by atoms with E-state index < -0.39 is 6.61 Å². The minimum absolute atomic E-state index is 0.00195. The number of benzene rings is 1. The third kappa shape index (κ3) is 5.40. The van der Waals surface area contributed by atoms with E-state index in [2.05, 4.69) is 10.1 Å². The van der Waals surface area contributed by atoms with E-state index in [0.29, 0.717) is 12.1 Å². The fourth-order valence-electron chi connectivity index (χ4n) is 1.36. The van der Waals surface area contributed by atoms with E-state index in [1.165, 1.54) is 18.2 Å². The van der Waals surface area contributed by atoms with Crippen LogP contribution in [0, 0.1) is 0 Å². The van der Waals surface area contributed by atoms with Crippen molar-refractivity contribution in [3.8, 4) is 5.75 Å². The predicted octanol–water partition coefficient (Wildman–Crippen LogP) is 3.01. The molecule has 0 radical (unpaired) electrons. The summed E-state index contributed by atoms with van der Waals surface area (Å²) >= 11 is 5.76. The molecule has 106 valence electrons. The molecule has 19 heavy (non-hydrogen) atoms. The molecule has 1 rings (SSSR count). The molecule has 7 heteroatoms. The van der Waals surface area contributed by atoms with Gasteiger partial charge in [0.25, 0.3) is 0 Å².